The van der Waals surface area contributed by atoms with E-state index in [0.717, 1.165) is 22.6 Å². The van der Waals surface area contributed by atoms with Crippen LogP contribution in [0.2, 0.25) is 0 Å². The Labute approximate surface area is 119 Å². The van der Waals surface area contributed by atoms with Gasteiger partial charge in [-0.1, -0.05) is 11.3 Å². The molecule has 20 heavy (non-hydrogen) atoms. The number of aromatic amines is 1. The van der Waals surface area contributed by atoms with Crippen molar-refractivity contribution in [2.45, 2.75) is 24.6 Å². The molecule has 0 unspecified atom stereocenters. The molecule has 9 heteroatoms. The van der Waals surface area contributed by atoms with Gasteiger partial charge in [0.05, 0.1) is 6.20 Å². The normalized spacial score (nSPS) is 11.6. The van der Waals surface area contributed by atoms with Gasteiger partial charge in [0.25, 0.3) is 5.56 Å². The van der Waals surface area contributed by atoms with E-state index in [-0.39, 0.29) is 16.3 Å². The monoisotopic (exact) mass is 314 g/mol. The molecule has 2 rings (SSSR count). The lowest BCUT2D eigenvalue weighted by Crippen LogP contribution is -2.18. The van der Waals surface area contributed by atoms with Crippen LogP contribution in [-0.4, -0.2) is 18.4 Å². The molecular weight excluding hydrogens is 300 g/mol. The first-order chi connectivity index (χ1) is 9.27. The molecule has 0 atom stereocenters. The molecule has 0 radical (unpaired) electrons. The lowest BCUT2D eigenvalue weighted by atomic mass is 10.1. The highest BCUT2D eigenvalue weighted by Gasteiger charge is 2.13. The zero-order chi connectivity index (χ0) is 14.9. The highest BCUT2D eigenvalue weighted by atomic mass is 32.2. The number of aromatic nitrogens is 2. The van der Waals surface area contributed by atoms with E-state index in [1.54, 1.807) is 0 Å². The minimum Gasteiger partial charge on any atom is -0.357 e. The molecule has 0 aliphatic heterocycles. The van der Waals surface area contributed by atoms with Crippen LogP contribution in [0.3, 0.4) is 0 Å². The summed E-state index contributed by atoms with van der Waals surface area (Å²) in [5, 5.41) is 8.32. The van der Waals surface area contributed by atoms with Gasteiger partial charge in [0, 0.05) is 17.8 Å². The van der Waals surface area contributed by atoms with Crippen molar-refractivity contribution in [1.82, 2.24) is 9.97 Å². The molecule has 0 bridgehead atoms. The van der Waals surface area contributed by atoms with Crippen molar-refractivity contribution in [3.05, 3.63) is 39.4 Å². The molecule has 2 heterocycles. The van der Waals surface area contributed by atoms with Crippen molar-refractivity contribution in [3.63, 3.8) is 0 Å². The van der Waals surface area contributed by atoms with Gasteiger partial charge >= 0.3 is 0 Å². The molecular formula is C11H14N4O3S2. The van der Waals surface area contributed by atoms with Gasteiger partial charge in [0.1, 0.15) is 0 Å². The summed E-state index contributed by atoms with van der Waals surface area (Å²) in [4.78, 5) is 18.4. The highest BCUT2D eigenvalue weighted by molar-refractivity contribution is 7.91. The summed E-state index contributed by atoms with van der Waals surface area (Å²) < 4.78 is 22.2. The summed E-state index contributed by atoms with van der Waals surface area (Å²) in [6.07, 6.45) is 1.19. The predicted octanol–water partition coefficient (Wildman–Crippen LogP) is 0.708. The Balaban J connectivity index is 2.18. The number of H-pyrrole nitrogens is 1. The second-order valence-corrected chi connectivity index (χ2v) is 7.14. The van der Waals surface area contributed by atoms with Crippen molar-refractivity contribution in [2.75, 3.05) is 5.32 Å². The van der Waals surface area contributed by atoms with Crippen molar-refractivity contribution in [1.29, 1.82) is 0 Å². The van der Waals surface area contributed by atoms with Crippen LogP contribution in [0.5, 0.6) is 0 Å². The molecule has 0 aromatic carbocycles. The molecule has 2 aromatic heterocycles. The minimum absolute atomic E-state index is 0.0189. The number of anilines is 1. The Kier molecular flexibility index (Phi) is 3.93. The summed E-state index contributed by atoms with van der Waals surface area (Å²) >= 11 is 0.927. The molecule has 7 nitrogen and oxygen atoms in total. The summed E-state index contributed by atoms with van der Waals surface area (Å²) in [5.41, 5.74) is 2.07. The molecule has 0 aliphatic carbocycles. The van der Waals surface area contributed by atoms with E-state index in [1.807, 2.05) is 19.9 Å². The van der Waals surface area contributed by atoms with E-state index < -0.39 is 10.0 Å². The first-order valence-electron chi connectivity index (χ1n) is 5.69. The standard InChI is InChI=1S/C11H14N4O3S2/c1-6-3-7(2)15-10(16)8(6)4-13-11-14-5-9(19-11)20(12,17)18/h3,5H,4H2,1-2H3,(H,13,14)(H,15,16)(H2,12,17,18). The zero-order valence-corrected chi connectivity index (χ0v) is 12.6. The molecule has 0 fully saturated rings. The zero-order valence-electron chi connectivity index (χ0n) is 10.9. The average Bonchev–Trinajstić information content (AvgIpc) is 2.75. The fourth-order valence-electron chi connectivity index (χ4n) is 1.74. The Morgan fingerprint density at radius 2 is 2.15 bits per heavy atom. The first-order valence-corrected chi connectivity index (χ1v) is 8.05. The molecule has 0 saturated heterocycles. The van der Waals surface area contributed by atoms with Gasteiger partial charge in [-0.2, -0.15) is 0 Å². The second-order valence-electron chi connectivity index (χ2n) is 4.33. The van der Waals surface area contributed by atoms with Gasteiger partial charge < -0.3 is 10.3 Å². The number of nitrogens with one attached hydrogen (secondary N) is 2. The maximum absolute atomic E-state index is 11.8. The van der Waals surface area contributed by atoms with E-state index in [0.29, 0.717) is 10.7 Å². The topological polar surface area (TPSA) is 118 Å². The highest BCUT2D eigenvalue weighted by Crippen LogP contribution is 2.21. The van der Waals surface area contributed by atoms with Gasteiger partial charge in [-0.25, -0.2) is 18.5 Å². The number of hydrogen-bond donors (Lipinski definition) is 3. The largest absolute Gasteiger partial charge is 0.357 e. The maximum Gasteiger partial charge on any atom is 0.253 e. The van der Waals surface area contributed by atoms with Crippen molar-refractivity contribution in [3.8, 4) is 0 Å². The summed E-state index contributed by atoms with van der Waals surface area (Å²) in [6.45, 7) is 3.92. The SMILES string of the molecule is Cc1cc(C)c(CNc2ncc(S(N)(=O)=O)s2)c(=O)[nH]1. The van der Waals surface area contributed by atoms with E-state index in [1.165, 1.54) is 6.20 Å². The van der Waals surface area contributed by atoms with E-state index in [4.69, 9.17) is 5.14 Å². The number of nitrogens with two attached hydrogens (primary N) is 1. The van der Waals surface area contributed by atoms with Gasteiger partial charge in [0.2, 0.25) is 10.0 Å². The summed E-state index contributed by atoms with van der Waals surface area (Å²) in [6, 6.07) is 1.87. The molecule has 0 saturated carbocycles. The van der Waals surface area contributed by atoms with Crippen LogP contribution < -0.4 is 16.0 Å². The molecule has 0 spiro atoms. The second kappa shape index (κ2) is 5.35. The maximum atomic E-state index is 11.8. The molecule has 108 valence electrons. The first kappa shape index (κ1) is 14.7. The van der Waals surface area contributed by atoms with Crippen molar-refractivity contribution in [2.24, 2.45) is 5.14 Å². The van der Waals surface area contributed by atoms with E-state index in [2.05, 4.69) is 15.3 Å². The number of thiazole rings is 1. The number of pyridine rings is 1. The van der Waals surface area contributed by atoms with Gasteiger partial charge in [-0.15, -0.1) is 0 Å². The van der Waals surface area contributed by atoms with Crippen molar-refractivity contribution < 1.29 is 8.42 Å². The molecule has 0 aliphatic rings. The third-order valence-corrected chi connectivity index (χ3v) is 5.04. The quantitative estimate of drug-likeness (QED) is 0.768. The van der Waals surface area contributed by atoms with Crippen LogP contribution in [0, 0.1) is 13.8 Å². The Hall–Kier alpha value is -1.71. The number of nitrogens with zero attached hydrogens (tertiary/aromatic N) is 1. The molecule has 2 aromatic rings. The minimum atomic E-state index is -3.74. The number of sulfonamides is 1. The van der Waals surface area contributed by atoms with Crippen LogP contribution in [0.4, 0.5) is 5.13 Å². The van der Waals surface area contributed by atoms with Crippen LogP contribution in [-0.2, 0) is 16.6 Å². The fraction of sp³-hybridized carbons (Fsp3) is 0.273. The lowest BCUT2D eigenvalue weighted by Gasteiger charge is -2.06. The number of aryl methyl sites for hydroxylation is 2. The van der Waals surface area contributed by atoms with E-state index >= 15 is 0 Å². The van der Waals surface area contributed by atoms with Crippen LogP contribution >= 0.6 is 11.3 Å². The molecule has 0 amide bonds. The van der Waals surface area contributed by atoms with Crippen LogP contribution in [0.15, 0.2) is 21.3 Å². The summed E-state index contributed by atoms with van der Waals surface area (Å²) in [7, 11) is -3.74. The Morgan fingerprint density at radius 3 is 2.70 bits per heavy atom. The van der Waals surface area contributed by atoms with Crippen LogP contribution in [0.25, 0.3) is 0 Å². The van der Waals surface area contributed by atoms with Gasteiger partial charge in [-0.3, -0.25) is 4.79 Å². The van der Waals surface area contributed by atoms with Gasteiger partial charge in [0.15, 0.2) is 9.34 Å². The summed E-state index contributed by atoms with van der Waals surface area (Å²) in [5.74, 6) is 0. The lowest BCUT2D eigenvalue weighted by molar-refractivity contribution is 0.599. The van der Waals surface area contributed by atoms with E-state index in [9.17, 15) is 13.2 Å². The Morgan fingerprint density at radius 1 is 1.45 bits per heavy atom. The third-order valence-electron chi connectivity index (χ3n) is 2.68. The number of hydrogen-bond acceptors (Lipinski definition) is 6. The smallest absolute Gasteiger partial charge is 0.253 e. The van der Waals surface area contributed by atoms with Gasteiger partial charge in [-0.05, 0) is 25.5 Å². The molecule has 4 N–H and O–H groups in total. The average molecular weight is 314 g/mol. The predicted molar refractivity (Wildman–Crippen MR) is 77.4 cm³/mol. The number of rotatable bonds is 4. The third kappa shape index (κ3) is 3.24. The number of primary sulfonamides is 1. The Bertz CT molecular complexity index is 792. The van der Waals surface area contributed by atoms with Crippen LogP contribution in [0.1, 0.15) is 16.8 Å². The van der Waals surface area contributed by atoms with Crippen molar-refractivity contribution >= 4 is 26.5 Å². The fourth-order valence-corrected chi connectivity index (χ4v) is 3.18.